The summed E-state index contributed by atoms with van der Waals surface area (Å²) in [4.78, 5) is 11.5. The van der Waals surface area contributed by atoms with Gasteiger partial charge in [-0.15, -0.1) is 0 Å². The number of nitrogens with one attached hydrogen (secondary N) is 1. The number of anilines is 1. The van der Waals surface area contributed by atoms with E-state index < -0.39 is 23.2 Å². The van der Waals surface area contributed by atoms with Crippen molar-refractivity contribution in [3.63, 3.8) is 0 Å². The van der Waals surface area contributed by atoms with Crippen LogP contribution in [0.5, 0.6) is 0 Å². The Balaban J connectivity index is 2.14. The minimum absolute atomic E-state index is 0.113. The smallest absolute Gasteiger partial charge is 0.324 e. The van der Waals surface area contributed by atoms with Gasteiger partial charge in [-0.1, -0.05) is 6.07 Å². The van der Waals surface area contributed by atoms with Crippen LogP contribution in [0.25, 0.3) is 0 Å². The van der Waals surface area contributed by atoms with E-state index >= 15 is 0 Å². The van der Waals surface area contributed by atoms with Crippen molar-refractivity contribution in [2.75, 3.05) is 5.32 Å². The van der Waals surface area contributed by atoms with Gasteiger partial charge in [-0.2, -0.15) is 13.2 Å². The molecule has 0 unspecified atom stereocenters. The summed E-state index contributed by atoms with van der Waals surface area (Å²) in [5.74, 6) is -0.433. The average molecular weight is 244 g/mol. The number of carbonyl (C=O) groups excluding carboxylic acids is 1. The Kier molecular flexibility index (Phi) is 2.61. The summed E-state index contributed by atoms with van der Waals surface area (Å²) >= 11 is 0. The number of rotatable bonds is 2. The molecule has 0 bridgehead atoms. The Hall–Kier alpha value is -1.56. The van der Waals surface area contributed by atoms with Gasteiger partial charge in [-0.25, -0.2) is 0 Å². The molecule has 0 heterocycles. The highest BCUT2D eigenvalue weighted by Crippen LogP contribution is 2.34. The molecule has 3 N–H and O–H groups in total. The van der Waals surface area contributed by atoms with Gasteiger partial charge in [0.25, 0.3) is 0 Å². The molecular formula is C11H11F3N2O. The van der Waals surface area contributed by atoms with E-state index in [4.69, 9.17) is 5.73 Å². The minimum atomic E-state index is -4.42. The monoisotopic (exact) mass is 244 g/mol. The molecule has 17 heavy (non-hydrogen) atoms. The molecule has 0 saturated heterocycles. The average Bonchev–Trinajstić information content (AvgIpc) is 2.97. The zero-order chi connectivity index (χ0) is 12.7. The summed E-state index contributed by atoms with van der Waals surface area (Å²) < 4.78 is 37.2. The van der Waals surface area contributed by atoms with Gasteiger partial charge in [0, 0.05) is 5.69 Å². The van der Waals surface area contributed by atoms with Crippen molar-refractivity contribution in [2.45, 2.75) is 24.6 Å². The fraction of sp³-hybridized carbons (Fsp3) is 0.364. The van der Waals surface area contributed by atoms with E-state index in [1.807, 2.05) is 0 Å². The van der Waals surface area contributed by atoms with E-state index in [1.165, 1.54) is 12.1 Å². The van der Waals surface area contributed by atoms with Crippen molar-refractivity contribution in [1.82, 2.24) is 0 Å². The van der Waals surface area contributed by atoms with Gasteiger partial charge >= 0.3 is 6.18 Å². The summed E-state index contributed by atoms with van der Waals surface area (Å²) in [5.41, 5.74) is 4.05. The first-order valence-corrected chi connectivity index (χ1v) is 5.09. The van der Waals surface area contributed by atoms with Gasteiger partial charge in [0.1, 0.15) is 0 Å². The van der Waals surface area contributed by atoms with Gasteiger partial charge in [-0.3, -0.25) is 4.79 Å². The lowest BCUT2D eigenvalue weighted by molar-refractivity contribution is -0.137. The van der Waals surface area contributed by atoms with Crippen LogP contribution in [-0.4, -0.2) is 11.4 Å². The molecule has 0 atom stereocenters. The fourth-order valence-electron chi connectivity index (χ4n) is 1.39. The Morgan fingerprint density at radius 2 is 2.00 bits per heavy atom. The first-order valence-electron chi connectivity index (χ1n) is 5.09. The number of hydrogen-bond donors (Lipinski definition) is 2. The van der Waals surface area contributed by atoms with Crippen LogP contribution < -0.4 is 11.1 Å². The normalized spacial score (nSPS) is 17.6. The van der Waals surface area contributed by atoms with Crippen LogP contribution >= 0.6 is 0 Å². The summed E-state index contributed by atoms with van der Waals surface area (Å²) in [5, 5.41) is 2.39. The van der Waals surface area contributed by atoms with E-state index in [0.717, 1.165) is 12.1 Å². The number of hydrogen-bond acceptors (Lipinski definition) is 2. The molecular weight excluding hydrogens is 233 g/mol. The van der Waals surface area contributed by atoms with Crippen molar-refractivity contribution in [2.24, 2.45) is 5.73 Å². The second-order valence-electron chi connectivity index (χ2n) is 4.19. The Morgan fingerprint density at radius 1 is 1.35 bits per heavy atom. The number of carbonyl (C=O) groups is 1. The predicted octanol–water partition coefficient (Wildman–Crippen LogP) is 2.14. The van der Waals surface area contributed by atoms with Crippen LogP contribution in [0.15, 0.2) is 24.3 Å². The van der Waals surface area contributed by atoms with Crippen LogP contribution in [0.4, 0.5) is 18.9 Å². The van der Waals surface area contributed by atoms with Crippen molar-refractivity contribution in [3.8, 4) is 0 Å². The number of benzene rings is 1. The number of amides is 1. The summed E-state index contributed by atoms with van der Waals surface area (Å²) in [7, 11) is 0. The van der Waals surface area contributed by atoms with E-state index in [0.29, 0.717) is 12.8 Å². The summed E-state index contributed by atoms with van der Waals surface area (Å²) in [6.45, 7) is 0. The number of alkyl halides is 3. The van der Waals surface area contributed by atoms with Gasteiger partial charge in [0.05, 0.1) is 11.1 Å². The van der Waals surface area contributed by atoms with Crippen LogP contribution in [0.2, 0.25) is 0 Å². The first kappa shape index (κ1) is 11.9. The van der Waals surface area contributed by atoms with Gasteiger partial charge in [0.15, 0.2) is 0 Å². The lowest BCUT2D eigenvalue weighted by Crippen LogP contribution is -2.37. The second kappa shape index (κ2) is 3.73. The topological polar surface area (TPSA) is 55.1 Å². The summed E-state index contributed by atoms with van der Waals surface area (Å²) in [6, 6.07) is 4.49. The number of halogens is 3. The highest BCUT2D eigenvalue weighted by atomic mass is 19.4. The van der Waals surface area contributed by atoms with Gasteiger partial charge in [0.2, 0.25) is 5.91 Å². The third-order valence-electron chi connectivity index (χ3n) is 2.69. The molecule has 92 valence electrons. The molecule has 3 nitrogen and oxygen atoms in total. The zero-order valence-corrected chi connectivity index (χ0v) is 8.84. The Labute approximate surface area is 95.8 Å². The van der Waals surface area contributed by atoms with E-state index in [9.17, 15) is 18.0 Å². The molecule has 1 fully saturated rings. The molecule has 6 heteroatoms. The minimum Gasteiger partial charge on any atom is -0.324 e. The third-order valence-corrected chi connectivity index (χ3v) is 2.69. The van der Waals surface area contributed by atoms with E-state index in [-0.39, 0.29) is 5.69 Å². The molecule has 1 aliphatic carbocycles. The lowest BCUT2D eigenvalue weighted by Gasteiger charge is -2.12. The molecule has 1 aromatic rings. The maximum absolute atomic E-state index is 12.4. The molecule has 0 aliphatic heterocycles. The van der Waals surface area contributed by atoms with Crippen molar-refractivity contribution in [3.05, 3.63) is 29.8 Å². The van der Waals surface area contributed by atoms with Crippen molar-refractivity contribution >= 4 is 11.6 Å². The maximum atomic E-state index is 12.4. The molecule has 1 aliphatic rings. The second-order valence-corrected chi connectivity index (χ2v) is 4.19. The molecule has 2 rings (SSSR count). The first-order chi connectivity index (χ1) is 7.81. The van der Waals surface area contributed by atoms with E-state index in [2.05, 4.69) is 5.32 Å². The molecule has 0 spiro atoms. The Morgan fingerprint density at radius 3 is 2.53 bits per heavy atom. The standard InChI is InChI=1S/C11H11F3N2O/c12-11(13,14)7-2-1-3-8(6-7)16-9(17)10(15)4-5-10/h1-3,6H,4-5,15H2,(H,16,17). The highest BCUT2D eigenvalue weighted by molar-refractivity contribution is 6.00. The maximum Gasteiger partial charge on any atom is 0.416 e. The zero-order valence-electron chi connectivity index (χ0n) is 8.84. The molecule has 1 saturated carbocycles. The van der Waals surface area contributed by atoms with Crippen molar-refractivity contribution < 1.29 is 18.0 Å². The SMILES string of the molecule is NC1(C(=O)Nc2cccc(C(F)(F)F)c2)CC1. The van der Waals surface area contributed by atoms with Crippen LogP contribution in [0, 0.1) is 0 Å². The van der Waals surface area contributed by atoms with E-state index in [1.54, 1.807) is 0 Å². The third kappa shape index (κ3) is 2.58. The van der Waals surface area contributed by atoms with Crippen LogP contribution in [-0.2, 0) is 11.0 Å². The van der Waals surface area contributed by atoms with Gasteiger partial charge in [-0.05, 0) is 31.0 Å². The van der Waals surface area contributed by atoms with Crippen molar-refractivity contribution in [1.29, 1.82) is 0 Å². The largest absolute Gasteiger partial charge is 0.416 e. The van der Waals surface area contributed by atoms with Crippen LogP contribution in [0.1, 0.15) is 18.4 Å². The molecule has 0 radical (unpaired) electrons. The van der Waals surface area contributed by atoms with Crippen LogP contribution in [0.3, 0.4) is 0 Å². The molecule has 0 aromatic heterocycles. The number of nitrogens with two attached hydrogens (primary N) is 1. The predicted molar refractivity (Wildman–Crippen MR) is 56.2 cm³/mol. The lowest BCUT2D eigenvalue weighted by atomic mass is 10.2. The van der Waals surface area contributed by atoms with Gasteiger partial charge < -0.3 is 11.1 Å². The fourth-order valence-corrected chi connectivity index (χ4v) is 1.39. The Bertz CT molecular complexity index is 452. The quantitative estimate of drug-likeness (QED) is 0.837. The summed E-state index contributed by atoms with van der Waals surface area (Å²) in [6.07, 6.45) is -3.28. The molecule has 1 aromatic carbocycles. The molecule has 1 amide bonds. The highest BCUT2D eigenvalue weighted by Gasteiger charge is 2.46.